The van der Waals surface area contributed by atoms with Gasteiger partial charge in [0.1, 0.15) is 0 Å². The fourth-order valence-corrected chi connectivity index (χ4v) is 2.05. The molecule has 0 radical (unpaired) electrons. The maximum absolute atomic E-state index is 8.86. The highest BCUT2D eigenvalue weighted by atomic mass is 15.1. The molecule has 0 unspecified atom stereocenters. The van der Waals surface area contributed by atoms with Crippen LogP contribution in [0.15, 0.2) is 54.6 Å². The average molecular weight is 250 g/mol. The lowest BCUT2D eigenvalue weighted by Crippen LogP contribution is -2.18. The monoisotopic (exact) mass is 250 g/mol. The maximum atomic E-state index is 8.86. The molecule has 2 rings (SSSR count). The van der Waals surface area contributed by atoms with Crippen LogP contribution in [-0.2, 0) is 0 Å². The van der Waals surface area contributed by atoms with E-state index in [1.54, 1.807) is 0 Å². The predicted octanol–water partition coefficient (Wildman–Crippen LogP) is 4.50. The first-order valence-electron chi connectivity index (χ1n) is 6.68. The largest absolute Gasteiger partial charge is 0.341 e. The minimum absolute atomic E-state index is 0.701. The zero-order chi connectivity index (χ0) is 13.5. The molecule has 0 aliphatic heterocycles. The minimum atomic E-state index is 0.701. The van der Waals surface area contributed by atoms with E-state index in [0.29, 0.717) is 5.56 Å². The Bertz CT molecular complexity index is 538. The first-order chi connectivity index (χ1) is 9.35. The van der Waals surface area contributed by atoms with Gasteiger partial charge in [-0.1, -0.05) is 31.5 Å². The second kappa shape index (κ2) is 6.61. The molecule has 0 aromatic heterocycles. The Balaban J connectivity index is 2.29. The summed E-state index contributed by atoms with van der Waals surface area (Å²) >= 11 is 0. The molecule has 0 heterocycles. The van der Waals surface area contributed by atoms with Crippen molar-refractivity contribution in [1.82, 2.24) is 0 Å². The van der Waals surface area contributed by atoms with Crippen LogP contribution in [0.1, 0.15) is 25.3 Å². The Morgan fingerprint density at radius 2 is 1.58 bits per heavy atom. The van der Waals surface area contributed by atoms with Gasteiger partial charge >= 0.3 is 0 Å². The van der Waals surface area contributed by atoms with Crippen molar-refractivity contribution in [2.24, 2.45) is 0 Å². The van der Waals surface area contributed by atoms with Crippen LogP contribution >= 0.6 is 0 Å². The number of rotatable bonds is 5. The van der Waals surface area contributed by atoms with E-state index in [4.69, 9.17) is 5.26 Å². The number of para-hydroxylation sites is 1. The molecule has 0 amide bonds. The predicted molar refractivity (Wildman–Crippen MR) is 79.5 cm³/mol. The van der Waals surface area contributed by atoms with Gasteiger partial charge in [-0.05, 0) is 42.8 Å². The van der Waals surface area contributed by atoms with E-state index in [1.165, 1.54) is 12.1 Å². The van der Waals surface area contributed by atoms with Crippen LogP contribution in [0.3, 0.4) is 0 Å². The first kappa shape index (κ1) is 13.2. The summed E-state index contributed by atoms with van der Waals surface area (Å²) < 4.78 is 0. The zero-order valence-electron chi connectivity index (χ0n) is 11.2. The summed E-state index contributed by atoms with van der Waals surface area (Å²) in [7, 11) is 0. The van der Waals surface area contributed by atoms with Crippen LogP contribution in [0, 0.1) is 11.3 Å². The standard InChI is InChI=1S/C17H18N2/c1-2-3-13-19(16-7-5-4-6-8-16)17-11-9-15(14-18)10-12-17/h4-12H,2-3,13H2,1H3. The summed E-state index contributed by atoms with van der Waals surface area (Å²) in [6.07, 6.45) is 2.31. The highest BCUT2D eigenvalue weighted by Gasteiger charge is 2.08. The van der Waals surface area contributed by atoms with Crippen LogP contribution in [0.2, 0.25) is 0 Å². The average Bonchev–Trinajstić information content (AvgIpc) is 2.49. The molecule has 0 fully saturated rings. The van der Waals surface area contributed by atoms with Crippen molar-refractivity contribution in [1.29, 1.82) is 5.26 Å². The van der Waals surface area contributed by atoms with Gasteiger partial charge in [-0.25, -0.2) is 0 Å². The van der Waals surface area contributed by atoms with Gasteiger partial charge in [-0.15, -0.1) is 0 Å². The third-order valence-corrected chi connectivity index (χ3v) is 3.11. The van der Waals surface area contributed by atoms with Crippen LogP contribution in [0.4, 0.5) is 11.4 Å². The summed E-state index contributed by atoms with van der Waals surface area (Å²) in [6.45, 7) is 3.19. The summed E-state index contributed by atoms with van der Waals surface area (Å²) in [4.78, 5) is 2.30. The lowest BCUT2D eigenvalue weighted by Gasteiger charge is -2.25. The third-order valence-electron chi connectivity index (χ3n) is 3.11. The summed E-state index contributed by atoms with van der Waals surface area (Å²) in [5, 5.41) is 8.86. The molecule has 0 aliphatic rings. The molecule has 2 heteroatoms. The van der Waals surface area contributed by atoms with Gasteiger partial charge in [0, 0.05) is 17.9 Å². The summed E-state index contributed by atoms with van der Waals surface area (Å²) in [5.74, 6) is 0. The molecular formula is C17H18N2. The van der Waals surface area contributed by atoms with Gasteiger partial charge < -0.3 is 4.90 Å². The molecule has 96 valence electrons. The van der Waals surface area contributed by atoms with Gasteiger partial charge in [-0.3, -0.25) is 0 Å². The Hall–Kier alpha value is -2.27. The van der Waals surface area contributed by atoms with Crippen molar-refractivity contribution in [3.05, 3.63) is 60.2 Å². The second-order valence-corrected chi connectivity index (χ2v) is 4.50. The van der Waals surface area contributed by atoms with Crippen molar-refractivity contribution in [3.8, 4) is 6.07 Å². The minimum Gasteiger partial charge on any atom is -0.341 e. The number of hydrogen-bond acceptors (Lipinski definition) is 2. The molecule has 19 heavy (non-hydrogen) atoms. The lowest BCUT2D eigenvalue weighted by molar-refractivity contribution is 0.786. The van der Waals surface area contributed by atoms with E-state index >= 15 is 0 Å². The maximum Gasteiger partial charge on any atom is 0.0991 e. The van der Waals surface area contributed by atoms with E-state index in [2.05, 4.69) is 42.2 Å². The highest BCUT2D eigenvalue weighted by Crippen LogP contribution is 2.25. The Kier molecular flexibility index (Phi) is 4.58. The number of anilines is 2. The van der Waals surface area contributed by atoms with Gasteiger partial charge in [0.05, 0.1) is 11.6 Å². The number of nitrogens with zero attached hydrogens (tertiary/aromatic N) is 2. The quantitative estimate of drug-likeness (QED) is 0.781. The second-order valence-electron chi connectivity index (χ2n) is 4.50. The first-order valence-corrected chi connectivity index (χ1v) is 6.68. The van der Waals surface area contributed by atoms with Crippen molar-refractivity contribution >= 4 is 11.4 Å². The van der Waals surface area contributed by atoms with Gasteiger partial charge in [0.25, 0.3) is 0 Å². The van der Waals surface area contributed by atoms with Crippen LogP contribution in [0.5, 0.6) is 0 Å². The van der Waals surface area contributed by atoms with Crippen LogP contribution in [-0.4, -0.2) is 6.54 Å². The molecule has 2 aromatic carbocycles. The van der Waals surface area contributed by atoms with E-state index in [-0.39, 0.29) is 0 Å². The topological polar surface area (TPSA) is 27.0 Å². The molecular weight excluding hydrogens is 232 g/mol. The fraction of sp³-hybridized carbons (Fsp3) is 0.235. The fourth-order valence-electron chi connectivity index (χ4n) is 2.05. The van der Waals surface area contributed by atoms with Crippen molar-refractivity contribution in [2.75, 3.05) is 11.4 Å². The molecule has 0 atom stereocenters. The molecule has 0 saturated heterocycles. The number of nitriles is 1. The molecule has 0 bridgehead atoms. The number of benzene rings is 2. The molecule has 0 spiro atoms. The highest BCUT2D eigenvalue weighted by molar-refractivity contribution is 5.63. The lowest BCUT2D eigenvalue weighted by atomic mass is 10.1. The van der Waals surface area contributed by atoms with Crippen molar-refractivity contribution in [2.45, 2.75) is 19.8 Å². The van der Waals surface area contributed by atoms with Crippen LogP contribution in [0.25, 0.3) is 0 Å². The Morgan fingerprint density at radius 3 is 2.16 bits per heavy atom. The van der Waals surface area contributed by atoms with E-state index < -0.39 is 0 Å². The summed E-state index contributed by atoms with van der Waals surface area (Å²) in [5.41, 5.74) is 3.03. The third kappa shape index (κ3) is 3.35. The smallest absolute Gasteiger partial charge is 0.0991 e. The van der Waals surface area contributed by atoms with Crippen molar-refractivity contribution in [3.63, 3.8) is 0 Å². The van der Waals surface area contributed by atoms with E-state index in [9.17, 15) is 0 Å². The molecule has 0 N–H and O–H groups in total. The molecule has 2 aromatic rings. The molecule has 0 saturated carbocycles. The number of hydrogen-bond donors (Lipinski definition) is 0. The van der Waals surface area contributed by atoms with E-state index in [0.717, 1.165) is 18.7 Å². The summed E-state index contributed by atoms with van der Waals surface area (Å²) in [6, 6.07) is 20.3. The molecule has 0 aliphatic carbocycles. The van der Waals surface area contributed by atoms with Gasteiger partial charge in [-0.2, -0.15) is 5.26 Å². The zero-order valence-corrected chi connectivity index (χ0v) is 11.2. The van der Waals surface area contributed by atoms with Gasteiger partial charge in [0.15, 0.2) is 0 Å². The number of unbranched alkanes of at least 4 members (excludes halogenated alkanes) is 1. The Morgan fingerprint density at radius 1 is 0.947 bits per heavy atom. The Labute approximate surface area is 114 Å². The SMILES string of the molecule is CCCCN(c1ccccc1)c1ccc(C#N)cc1. The van der Waals surface area contributed by atoms with E-state index in [1.807, 2.05) is 30.3 Å². The van der Waals surface area contributed by atoms with Gasteiger partial charge in [0.2, 0.25) is 0 Å². The van der Waals surface area contributed by atoms with Crippen molar-refractivity contribution < 1.29 is 0 Å². The normalized spacial score (nSPS) is 9.89. The molecule has 2 nitrogen and oxygen atoms in total. The van der Waals surface area contributed by atoms with Crippen LogP contribution < -0.4 is 4.90 Å².